The number of Topliss-reactive ketones (excluding diaryl/α,β-unsaturated/α-hetero) is 1. The average Bonchev–Trinajstić information content (AvgIpc) is 3.37. The van der Waals surface area contributed by atoms with Crippen LogP contribution in [-0.4, -0.2) is 62.0 Å². The number of carbonyl (C=O) groups is 3. The van der Waals surface area contributed by atoms with Gasteiger partial charge in [0, 0.05) is 35.3 Å². The molecule has 36 heavy (non-hydrogen) atoms. The quantitative estimate of drug-likeness (QED) is 0.467. The summed E-state index contributed by atoms with van der Waals surface area (Å²) in [5.41, 5.74) is -1.06. The Morgan fingerprint density at radius 1 is 1.31 bits per heavy atom. The molecule has 1 aliphatic rings. The van der Waals surface area contributed by atoms with Gasteiger partial charge in [-0.3, -0.25) is 14.4 Å². The molecule has 0 unspecified atom stereocenters. The molecule has 1 saturated heterocycles. The maximum atomic E-state index is 15.0. The lowest BCUT2D eigenvalue weighted by atomic mass is 10.0. The van der Waals surface area contributed by atoms with Gasteiger partial charge >= 0.3 is 0 Å². The van der Waals surface area contributed by atoms with E-state index in [0.29, 0.717) is 16.6 Å². The van der Waals surface area contributed by atoms with E-state index in [2.05, 4.69) is 10.3 Å². The second-order valence-corrected chi connectivity index (χ2v) is 9.55. The molecule has 2 N–H and O–H groups in total. The van der Waals surface area contributed by atoms with Crippen molar-refractivity contribution in [2.75, 3.05) is 13.2 Å². The number of nitrogens with zero attached hydrogens (tertiary/aromatic N) is 3. The van der Waals surface area contributed by atoms with Gasteiger partial charge in [-0.1, -0.05) is 23.7 Å². The van der Waals surface area contributed by atoms with E-state index in [9.17, 15) is 23.9 Å². The number of rotatable bonds is 7. The SMILES string of the molecule is CC(=O)c1cn(CC(=O)N2C[C@](C)(F)C[C@H]2C(=O)N[C@H](CO)c2cccc(Cl)c2F)c2ncccc12. The van der Waals surface area contributed by atoms with Gasteiger partial charge < -0.3 is 19.9 Å². The molecular weight excluding hydrogens is 494 g/mol. The number of hydrogen-bond acceptors (Lipinski definition) is 5. The summed E-state index contributed by atoms with van der Waals surface area (Å²) in [6.45, 7) is 1.47. The zero-order valence-corrected chi connectivity index (χ0v) is 20.4. The maximum absolute atomic E-state index is 15.0. The van der Waals surface area contributed by atoms with Gasteiger partial charge in [0.1, 0.15) is 29.7 Å². The molecule has 2 aromatic heterocycles. The summed E-state index contributed by atoms with van der Waals surface area (Å²) in [5.74, 6) is -2.27. The molecule has 0 spiro atoms. The van der Waals surface area contributed by atoms with E-state index in [0.717, 1.165) is 4.90 Å². The number of ketones is 1. The summed E-state index contributed by atoms with van der Waals surface area (Å²) in [5, 5.41) is 12.7. The van der Waals surface area contributed by atoms with Crippen LogP contribution in [0.5, 0.6) is 0 Å². The van der Waals surface area contributed by atoms with Crippen molar-refractivity contribution in [3.05, 3.63) is 64.7 Å². The van der Waals surface area contributed by atoms with Crippen LogP contribution in [0.15, 0.2) is 42.7 Å². The molecule has 3 atom stereocenters. The van der Waals surface area contributed by atoms with Crippen LogP contribution >= 0.6 is 11.6 Å². The fraction of sp³-hybridized carbons (Fsp3) is 0.360. The van der Waals surface area contributed by atoms with Crippen molar-refractivity contribution >= 4 is 40.2 Å². The van der Waals surface area contributed by atoms with Gasteiger partial charge in [-0.25, -0.2) is 13.8 Å². The number of aliphatic hydroxyl groups is 1. The highest BCUT2D eigenvalue weighted by atomic mass is 35.5. The summed E-state index contributed by atoms with van der Waals surface area (Å²) in [7, 11) is 0. The number of benzene rings is 1. The van der Waals surface area contributed by atoms with Gasteiger partial charge in [0.15, 0.2) is 5.78 Å². The highest BCUT2D eigenvalue weighted by Crippen LogP contribution is 2.32. The van der Waals surface area contributed by atoms with Crippen molar-refractivity contribution in [3.8, 4) is 0 Å². The minimum atomic E-state index is -1.84. The van der Waals surface area contributed by atoms with Crippen LogP contribution in [0.4, 0.5) is 8.78 Å². The van der Waals surface area contributed by atoms with E-state index < -0.39 is 42.0 Å². The van der Waals surface area contributed by atoms with Crippen molar-refractivity contribution < 1.29 is 28.3 Å². The first-order chi connectivity index (χ1) is 17.0. The molecule has 4 rings (SSSR count). The van der Waals surface area contributed by atoms with E-state index in [1.54, 1.807) is 12.1 Å². The molecule has 2 amide bonds. The largest absolute Gasteiger partial charge is 0.394 e. The third-order valence-electron chi connectivity index (χ3n) is 6.29. The van der Waals surface area contributed by atoms with Crippen molar-refractivity contribution in [1.29, 1.82) is 0 Å². The molecule has 0 saturated carbocycles. The predicted octanol–water partition coefficient (Wildman–Crippen LogP) is 3.21. The van der Waals surface area contributed by atoms with Gasteiger partial charge in [0.2, 0.25) is 11.8 Å². The second-order valence-electron chi connectivity index (χ2n) is 9.14. The number of nitrogens with one attached hydrogen (secondary N) is 1. The number of aliphatic hydroxyl groups excluding tert-OH is 1. The Labute approximate surface area is 210 Å². The number of fused-ring (bicyclic) bond motifs is 1. The van der Waals surface area contributed by atoms with Crippen LogP contribution in [-0.2, 0) is 16.1 Å². The molecule has 8 nitrogen and oxygen atoms in total. The molecule has 11 heteroatoms. The zero-order chi connectivity index (χ0) is 26.2. The van der Waals surface area contributed by atoms with Gasteiger partial charge in [0.05, 0.1) is 24.2 Å². The summed E-state index contributed by atoms with van der Waals surface area (Å²) in [6.07, 6.45) is 2.77. The zero-order valence-electron chi connectivity index (χ0n) is 19.7. The highest BCUT2D eigenvalue weighted by molar-refractivity contribution is 6.30. The van der Waals surface area contributed by atoms with Crippen molar-refractivity contribution in [1.82, 2.24) is 19.8 Å². The average molecular weight is 519 g/mol. The highest BCUT2D eigenvalue weighted by Gasteiger charge is 2.47. The van der Waals surface area contributed by atoms with Crippen molar-refractivity contribution in [2.24, 2.45) is 0 Å². The number of alkyl halides is 1. The minimum absolute atomic E-state index is 0.0288. The molecular formula is C25H25ClF2N4O4. The molecule has 0 radical (unpaired) electrons. The van der Waals surface area contributed by atoms with Crippen LogP contribution in [0.3, 0.4) is 0 Å². The summed E-state index contributed by atoms with van der Waals surface area (Å²) in [4.78, 5) is 43.8. The summed E-state index contributed by atoms with van der Waals surface area (Å²) < 4.78 is 31.0. The van der Waals surface area contributed by atoms with E-state index in [1.165, 1.54) is 49.0 Å². The first-order valence-corrected chi connectivity index (χ1v) is 11.7. The van der Waals surface area contributed by atoms with Crippen LogP contribution in [0.2, 0.25) is 5.02 Å². The van der Waals surface area contributed by atoms with E-state index in [1.807, 2.05) is 0 Å². The smallest absolute Gasteiger partial charge is 0.243 e. The van der Waals surface area contributed by atoms with Gasteiger partial charge in [-0.15, -0.1) is 0 Å². The molecule has 3 aromatic rings. The summed E-state index contributed by atoms with van der Waals surface area (Å²) >= 11 is 5.82. The lowest BCUT2D eigenvalue weighted by molar-refractivity contribution is -0.139. The number of halogens is 3. The maximum Gasteiger partial charge on any atom is 0.243 e. The molecule has 1 aliphatic heterocycles. The first kappa shape index (κ1) is 25.7. The number of aromatic nitrogens is 2. The fourth-order valence-corrected chi connectivity index (χ4v) is 4.76. The third-order valence-corrected chi connectivity index (χ3v) is 6.58. The third kappa shape index (κ3) is 4.96. The van der Waals surface area contributed by atoms with Gasteiger partial charge in [-0.05, 0) is 32.0 Å². The lowest BCUT2D eigenvalue weighted by Gasteiger charge is -2.26. The number of hydrogen-bond donors (Lipinski definition) is 2. The standard InChI is InChI=1S/C25H25ClF2N4O4/c1-14(34)17-10-31(23-15(17)6-4-8-29-23)11-21(35)32-13-25(2,28)9-20(32)24(36)30-19(12-33)16-5-3-7-18(26)22(16)27/h3-8,10,19-20,33H,9,11-13H2,1-2H3,(H,30,36)/t19-,20+,25-/m1/s1. The Morgan fingerprint density at radius 2 is 2.06 bits per heavy atom. The molecule has 1 fully saturated rings. The van der Waals surface area contributed by atoms with E-state index in [-0.39, 0.29) is 35.9 Å². The van der Waals surface area contributed by atoms with Crippen LogP contribution in [0.25, 0.3) is 11.0 Å². The molecule has 3 heterocycles. The van der Waals surface area contributed by atoms with Crippen LogP contribution < -0.4 is 5.32 Å². The lowest BCUT2D eigenvalue weighted by Crippen LogP contribution is -2.48. The molecule has 1 aromatic carbocycles. The second kappa shape index (κ2) is 9.94. The first-order valence-electron chi connectivity index (χ1n) is 11.3. The Morgan fingerprint density at radius 3 is 2.75 bits per heavy atom. The molecule has 0 bridgehead atoms. The van der Waals surface area contributed by atoms with Crippen molar-refractivity contribution in [2.45, 2.75) is 44.6 Å². The molecule has 0 aliphatic carbocycles. The minimum Gasteiger partial charge on any atom is -0.394 e. The number of carbonyl (C=O) groups excluding carboxylic acids is 3. The van der Waals surface area contributed by atoms with Crippen molar-refractivity contribution in [3.63, 3.8) is 0 Å². The van der Waals surface area contributed by atoms with E-state index in [4.69, 9.17) is 11.6 Å². The van der Waals surface area contributed by atoms with E-state index >= 15 is 4.39 Å². The van der Waals surface area contributed by atoms with Gasteiger partial charge in [0.25, 0.3) is 0 Å². The molecule has 190 valence electrons. The number of pyridine rings is 1. The van der Waals surface area contributed by atoms with Crippen LogP contribution in [0, 0.1) is 5.82 Å². The Balaban J connectivity index is 1.58. The van der Waals surface area contributed by atoms with Gasteiger partial charge in [-0.2, -0.15) is 0 Å². The topological polar surface area (TPSA) is 105 Å². The number of likely N-dealkylation sites (tertiary alicyclic amines) is 1. The van der Waals surface area contributed by atoms with Crippen LogP contribution in [0.1, 0.15) is 42.2 Å². The monoisotopic (exact) mass is 518 g/mol. The Kier molecular flexibility index (Phi) is 7.10. The predicted molar refractivity (Wildman–Crippen MR) is 129 cm³/mol. The Bertz CT molecular complexity index is 1340. The fourth-order valence-electron chi connectivity index (χ4n) is 4.58. The Hall–Kier alpha value is -3.37. The summed E-state index contributed by atoms with van der Waals surface area (Å²) in [6, 6.07) is 5.24. The normalized spacial score (nSPS) is 20.5. The number of amides is 2.